The monoisotopic (exact) mass is 517 g/mol. The standard InChI is InChI=1S/C30H50O.3C2H6/c1-8-9-21(18-27(4,5)6)23-11-12-24-25-13-10-22-19(2)26(31)14-15-29(22)20(3)30(25,29)17-16-28(23,24)7;3*1-2/h19-25H,8-18H2,1-7H3;3*1-2H3. The molecule has 0 N–H and O–H groups in total. The maximum atomic E-state index is 12.6. The molecule has 10 atom stereocenters. The summed E-state index contributed by atoms with van der Waals surface area (Å²) >= 11 is 0. The van der Waals surface area contributed by atoms with Crippen molar-refractivity contribution in [3.05, 3.63) is 0 Å². The zero-order chi connectivity index (χ0) is 28.4. The summed E-state index contributed by atoms with van der Waals surface area (Å²) in [5, 5.41) is 0. The zero-order valence-corrected chi connectivity index (χ0v) is 27.7. The fraction of sp³-hybridized carbons (Fsp3) is 0.972. The van der Waals surface area contributed by atoms with Crippen molar-refractivity contribution in [1.29, 1.82) is 0 Å². The highest BCUT2D eigenvalue weighted by molar-refractivity contribution is 5.82. The van der Waals surface area contributed by atoms with Crippen LogP contribution >= 0.6 is 0 Å². The molecule has 5 aliphatic carbocycles. The van der Waals surface area contributed by atoms with E-state index in [0.29, 0.717) is 39.3 Å². The minimum atomic E-state index is 0.335. The van der Waals surface area contributed by atoms with Crippen LogP contribution in [0.1, 0.15) is 161 Å². The van der Waals surface area contributed by atoms with Crippen molar-refractivity contribution in [3.63, 3.8) is 0 Å². The fourth-order valence-electron chi connectivity index (χ4n) is 11.6. The SMILES string of the molecule is CC.CC.CC.CCCC(CC(C)(C)C)C1CCC2C3CCC4C(C)C(=O)CCC45C(C)C35CCC12C. The highest BCUT2D eigenvalue weighted by Gasteiger charge is 2.83. The molecule has 1 nitrogen and oxygen atoms in total. The van der Waals surface area contributed by atoms with Crippen LogP contribution in [0.25, 0.3) is 0 Å². The molecular weight excluding hydrogens is 448 g/mol. The van der Waals surface area contributed by atoms with Gasteiger partial charge >= 0.3 is 0 Å². The third kappa shape index (κ3) is 5.03. The molecule has 0 aromatic rings. The van der Waals surface area contributed by atoms with E-state index in [1.807, 2.05) is 41.5 Å². The van der Waals surface area contributed by atoms with Crippen LogP contribution in [0.5, 0.6) is 0 Å². The predicted octanol–water partition coefficient (Wildman–Crippen LogP) is 11.4. The van der Waals surface area contributed by atoms with Crippen molar-refractivity contribution in [2.45, 2.75) is 161 Å². The van der Waals surface area contributed by atoms with Gasteiger partial charge in [-0.2, -0.15) is 0 Å². The average molecular weight is 517 g/mol. The first-order valence-corrected chi connectivity index (χ1v) is 17.1. The second-order valence-corrected chi connectivity index (χ2v) is 14.5. The molecule has 0 radical (unpaired) electrons. The lowest BCUT2D eigenvalue weighted by atomic mass is 9.48. The highest BCUT2D eigenvalue weighted by atomic mass is 16.1. The quantitative estimate of drug-likeness (QED) is 0.363. The number of rotatable bonds is 4. The largest absolute Gasteiger partial charge is 0.299 e. The summed E-state index contributed by atoms with van der Waals surface area (Å²) in [4.78, 5) is 12.6. The second kappa shape index (κ2) is 12.5. The summed E-state index contributed by atoms with van der Waals surface area (Å²) in [6.45, 7) is 29.4. The summed E-state index contributed by atoms with van der Waals surface area (Å²) in [5.41, 5.74) is 2.17. The van der Waals surface area contributed by atoms with Gasteiger partial charge in [0.15, 0.2) is 0 Å². The molecular formula is C36H68O. The van der Waals surface area contributed by atoms with E-state index in [0.717, 1.165) is 36.0 Å². The van der Waals surface area contributed by atoms with Crippen molar-refractivity contribution in [1.82, 2.24) is 0 Å². The molecule has 10 unspecified atom stereocenters. The number of carbonyl (C=O) groups is 1. The Morgan fingerprint density at radius 2 is 1.35 bits per heavy atom. The Bertz CT molecular complexity index is 731. The summed E-state index contributed by atoms with van der Waals surface area (Å²) in [6.07, 6.45) is 15.0. The molecule has 0 saturated heterocycles. The van der Waals surface area contributed by atoms with Crippen LogP contribution in [0.3, 0.4) is 0 Å². The lowest BCUT2D eigenvalue weighted by Crippen LogP contribution is -2.51. The van der Waals surface area contributed by atoms with Crippen molar-refractivity contribution in [2.75, 3.05) is 0 Å². The molecule has 5 saturated carbocycles. The van der Waals surface area contributed by atoms with Gasteiger partial charge in [0.05, 0.1) is 0 Å². The zero-order valence-electron chi connectivity index (χ0n) is 27.7. The maximum Gasteiger partial charge on any atom is 0.136 e. The van der Waals surface area contributed by atoms with E-state index in [1.54, 1.807) is 0 Å². The Hall–Kier alpha value is -0.330. The lowest BCUT2D eigenvalue weighted by Gasteiger charge is -2.57. The smallest absolute Gasteiger partial charge is 0.136 e. The van der Waals surface area contributed by atoms with E-state index >= 15 is 0 Å². The van der Waals surface area contributed by atoms with Crippen LogP contribution in [-0.4, -0.2) is 5.78 Å². The van der Waals surface area contributed by atoms with Crippen LogP contribution in [0.2, 0.25) is 0 Å². The van der Waals surface area contributed by atoms with Gasteiger partial charge in [-0.25, -0.2) is 0 Å². The highest BCUT2D eigenvalue weighted by Crippen LogP contribution is 2.88. The van der Waals surface area contributed by atoms with Crippen LogP contribution in [0.4, 0.5) is 0 Å². The molecule has 0 bridgehead atoms. The number of carbonyl (C=O) groups excluding carboxylic acids is 1. The van der Waals surface area contributed by atoms with Crippen LogP contribution in [0, 0.1) is 63.1 Å². The minimum Gasteiger partial charge on any atom is -0.299 e. The first kappa shape index (κ1) is 32.9. The topological polar surface area (TPSA) is 17.1 Å². The Labute approximate surface area is 234 Å². The van der Waals surface area contributed by atoms with Gasteiger partial charge in [-0.15, -0.1) is 0 Å². The van der Waals surface area contributed by atoms with Crippen LogP contribution in [0.15, 0.2) is 0 Å². The molecule has 1 heteroatoms. The maximum absolute atomic E-state index is 12.6. The Morgan fingerprint density at radius 1 is 0.811 bits per heavy atom. The minimum absolute atomic E-state index is 0.335. The first-order chi connectivity index (χ1) is 17.5. The second-order valence-electron chi connectivity index (χ2n) is 14.5. The van der Waals surface area contributed by atoms with E-state index in [1.165, 1.54) is 64.2 Å². The number of hydrogen-bond donors (Lipinski definition) is 0. The lowest BCUT2D eigenvalue weighted by molar-refractivity contribution is -0.135. The molecule has 37 heavy (non-hydrogen) atoms. The van der Waals surface area contributed by atoms with Gasteiger partial charge in [0.2, 0.25) is 0 Å². The first-order valence-electron chi connectivity index (χ1n) is 17.1. The van der Waals surface area contributed by atoms with Gasteiger partial charge in [-0.1, -0.05) is 103 Å². The van der Waals surface area contributed by atoms with E-state index in [9.17, 15) is 4.79 Å². The van der Waals surface area contributed by atoms with E-state index in [-0.39, 0.29) is 0 Å². The normalized spacial score (nSPS) is 44.1. The van der Waals surface area contributed by atoms with Gasteiger partial charge < -0.3 is 0 Å². The van der Waals surface area contributed by atoms with Crippen LogP contribution in [-0.2, 0) is 4.79 Å². The van der Waals surface area contributed by atoms with Gasteiger partial charge in [0, 0.05) is 12.3 Å². The van der Waals surface area contributed by atoms with Gasteiger partial charge in [-0.3, -0.25) is 4.79 Å². The molecule has 0 aliphatic heterocycles. The summed E-state index contributed by atoms with van der Waals surface area (Å²) in [6, 6.07) is 0. The van der Waals surface area contributed by atoms with E-state index in [4.69, 9.17) is 0 Å². The predicted molar refractivity (Wildman–Crippen MR) is 164 cm³/mol. The third-order valence-corrected chi connectivity index (χ3v) is 12.5. The third-order valence-electron chi connectivity index (χ3n) is 12.5. The molecule has 0 aromatic heterocycles. The van der Waals surface area contributed by atoms with Gasteiger partial charge in [0.25, 0.3) is 0 Å². The van der Waals surface area contributed by atoms with Crippen molar-refractivity contribution in [3.8, 4) is 0 Å². The fourth-order valence-corrected chi connectivity index (χ4v) is 11.6. The van der Waals surface area contributed by atoms with Crippen LogP contribution < -0.4 is 0 Å². The Balaban J connectivity index is 0.000000750. The van der Waals surface area contributed by atoms with Gasteiger partial charge in [0.1, 0.15) is 5.78 Å². The average Bonchev–Trinajstić information content (AvgIpc) is 3.21. The van der Waals surface area contributed by atoms with E-state index < -0.39 is 0 Å². The number of hydrogen-bond acceptors (Lipinski definition) is 1. The summed E-state index contributed by atoms with van der Waals surface area (Å²) < 4.78 is 0. The van der Waals surface area contributed by atoms with Crippen molar-refractivity contribution >= 4 is 5.78 Å². The molecule has 0 heterocycles. The molecule has 0 amide bonds. The van der Waals surface area contributed by atoms with Crippen molar-refractivity contribution in [2.24, 2.45) is 63.1 Å². The Kier molecular flexibility index (Phi) is 11.1. The summed E-state index contributed by atoms with van der Waals surface area (Å²) in [5.74, 6) is 6.28. The number of ketones is 1. The molecule has 0 aromatic carbocycles. The molecule has 5 aliphatic rings. The molecule has 5 fully saturated rings. The Morgan fingerprint density at radius 3 is 1.92 bits per heavy atom. The molecule has 2 spiro atoms. The van der Waals surface area contributed by atoms with Gasteiger partial charge in [-0.05, 0) is 109 Å². The molecule has 218 valence electrons. The number of fused-ring (bicyclic) bond motifs is 2. The van der Waals surface area contributed by atoms with Crippen molar-refractivity contribution < 1.29 is 4.79 Å². The summed E-state index contributed by atoms with van der Waals surface area (Å²) in [7, 11) is 0. The molecule has 5 rings (SSSR count). The number of Topliss-reactive ketones (excluding diaryl/α,β-unsaturated/α-hetero) is 1. The van der Waals surface area contributed by atoms with E-state index in [2.05, 4.69) is 48.5 Å².